The maximum absolute atomic E-state index is 14.2. The summed E-state index contributed by atoms with van der Waals surface area (Å²) in [4.78, 5) is 4.67. The molecule has 4 heterocycles. The maximum Gasteiger partial charge on any atom is 0.243 e. The highest BCUT2D eigenvalue weighted by Crippen LogP contribution is 2.49. The van der Waals surface area contributed by atoms with Crippen LogP contribution in [0.1, 0.15) is 25.7 Å². The normalized spacial score (nSPS) is 29.1. The number of aromatic nitrogens is 1. The van der Waals surface area contributed by atoms with E-state index in [-0.39, 0.29) is 23.4 Å². The predicted molar refractivity (Wildman–Crippen MR) is 108 cm³/mol. The summed E-state index contributed by atoms with van der Waals surface area (Å²) in [6.45, 7) is 1.71. The van der Waals surface area contributed by atoms with Crippen molar-refractivity contribution in [2.75, 3.05) is 31.6 Å². The van der Waals surface area contributed by atoms with Gasteiger partial charge in [0.05, 0.1) is 21.2 Å². The Morgan fingerprint density at radius 3 is 2.83 bits per heavy atom. The third kappa shape index (κ3) is 3.54. The molecule has 7 nitrogen and oxygen atoms in total. The fourth-order valence-electron chi connectivity index (χ4n) is 4.54. The van der Waals surface area contributed by atoms with Gasteiger partial charge in [-0.2, -0.15) is 4.31 Å². The summed E-state index contributed by atoms with van der Waals surface area (Å²) >= 11 is 1.35. The van der Waals surface area contributed by atoms with Gasteiger partial charge in [-0.25, -0.2) is 17.8 Å². The minimum atomic E-state index is -3.71. The highest BCUT2D eigenvalue weighted by atomic mass is 32.2. The fraction of sp³-hybridized carbons (Fsp3) is 0.632. The number of hydrogen-bond donors (Lipinski definition) is 2. The molecular formula is C19H24FN3O4S2. The zero-order valence-electron chi connectivity index (χ0n) is 15.9. The Bertz CT molecular complexity index is 1020. The van der Waals surface area contributed by atoms with Crippen LogP contribution in [-0.2, 0) is 14.8 Å². The van der Waals surface area contributed by atoms with Gasteiger partial charge in [0.2, 0.25) is 10.0 Å². The zero-order chi connectivity index (χ0) is 20.2. The SMILES string of the molecule is O=S(=O)(c1ccc2nc(NCC(O)C3CCOCC3)sc2c1)N1CC2(F)CC1C2. The number of ether oxygens (including phenoxy) is 1. The molecule has 1 aromatic heterocycles. The molecule has 1 aromatic carbocycles. The molecule has 2 aromatic rings. The number of fused-ring (bicyclic) bond motifs is 2. The number of hydrogen-bond acceptors (Lipinski definition) is 7. The van der Waals surface area contributed by atoms with Gasteiger partial charge in [-0.1, -0.05) is 11.3 Å². The summed E-state index contributed by atoms with van der Waals surface area (Å²) in [6, 6.07) is 4.62. The average Bonchev–Trinajstić information content (AvgIpc) is 3.36. The van der Waals surface area contributed by atoms with Crippen LogP contribution in [0.2, 0.25) is 0 Å². The number of nitrogens with one attached hydrogen (secondary N) is 1. The molecule has 0 spiro atoms. The van der Waals surface area contributed by atoms with Gasteiger partial charge in [0, 0.05) is 32.3 Å². The van der Waals surface area contributed by atoms with E-state index in [4.69, 9.17) is 4.74 Å². The minimum absolute atomic E-state index is 0.0440. The van der Waals surface area contributed by atoms with Crippen LogP contribution >= 0.6 is 11.3 Å². The van der Waals surface area contributed by atoms with Crippen LogP contribution < -0.4 is 5.32 Å². The third-order valence-corrected chi connectivity index (χ3v) is 9.16. The van der Waals surface area contributed by atoms with E-state index in [1.54, 1.807) is 18.2 Å². The second kappa shape index (κ2) is 7.12. The van der Waals surface area contributed by atoms with E-state index in [1.165, 1.54) is 15.6 Å². The first-order valence-corrected chi connectivity index (χ1v) is 12.2. The van der Waals surface area contributed by atoms with Crippen LogP contribution in [0.15, 0.2) is 23.1 Å². The fourth-order valence-corrected chi connectivity index (χ4v) is 7.25. The number of anilines is 1. The molecule has 1 unspecified atom stereocenters. The smallest absolute Gasteiger partial charge is 0.243 e. The van der Waals surface area contributed by atoms with E-state index in [1.807, 2.05) is 0 Å². The van der Waals surface area contributed by atoms with Crippen LogP contribution in [-0.4, -0.2) is 66.9 Å². The lowest BCUT2D eigenvalue weighted by atomic mass is 9.83. The molecule has 4 fully saturated rings. The molecule has 1 saturated carbocycles. The van der Waals surface area contributed by atoms with Crippen molar-refractivity contribution in [1.82, 2.24) is 9.29 Å². The topological polar surface area (TPSA) is 91.8 Å². The summed E-state index contributed by atoms with van der Waals surface area (Å²) in [5, 5.41) is 14.2. The molecule has 29 heavy (non-hydrogen) atoms. The summed E-state index contributed by atoms with van der Waals surface area (Å²) in [5.74, 6) is 0.216. The van der Waals surface area contributed by atoms with Crippen molar-refractivity contribution in [1.29, 1.82) is 0 Å². The second-order valence-corrected chi connectivity index (χ2v) is 11.2. The first-order chi connectivity index (χ1) is 13.8. The molecule has 158 valence electrons. The zero-order valence-corrected chi connectivity index (χ0v) is 17.5. The van der Waals surface area contributed by atoms with Crippen LogP contribution in [0, 0.1) is 5.92 Å². The monoisotopic (exact) mass is 441 g/mol. The van der Waals surface area contributed by atoms with Gasteiger partial charge in [0.15, 0.2) is 5.13 Å². The molecule has 2 N–H and O–H groups in total. The summed E-state index contributed by atoms with van der Waals surface area (Å²) in [6.07, 6.45) is 1.83. The summed E-state index contributed by atoms with van der Waals surface area (Å²) < 4.78 is 47.4. The number of aliphatic hydroxyl groups is 1. The molecule has 1 aliphatic carbocycles. The standard InChI is InChI=1S/C19H24FN3O4S2/c20-19-8-13(9-19)23(11-19)29(25,26)14-1-2-15-17(7-14)28-18(22-15)21-10-16(24)12-3-5-27-6-4-12/h1-2,7,12-13,16,24H,3-6,8-11H2,(H,21,22). The van der Waals surface area contributed by atoms with Crippen molar-refractivity contribution in [2.45, 2.75) is 48.4 Å². The van der Waals surface area contributed by atoms with Crippen molar-refractivity contribution in [2.24, 2.45) is 5.92 Å². The molecule has 10 heteroatoms. The van der Waals surface area contributed by atoms with Gasteiger partial charge in [0.1, 0.15) is 5.67 Å². The number of rotatable bonds is 6. The highest BCUT2D eigenvalue weighted by Gasteiger charge is 2.59. The van der Waals surface area contributed by atoms with E-state index in [2.05, 4.69) is 10.3 Å². The minimum Gasteiger partial charge on any atom is -0.391 e. The van der Waals surface area contributed by atoms with Crippen molar-refractivity contribution in [3.63, 3.8) is 0 Å². The number of benzene rings is 1. The Balaban J connectivity index is 1.30. The Morgan fingerprint density at radius 2 is 2.14 bits per heavy atom. The Hall–Kier alpha value is -1.33. The molecule has 0 radical (unpaired) electrons. The average molecular weight is 442 g/mol. The van der Waals surface area contributed by atoms with E-state index >= 15 is 0 Å². The Morgan fingerprint density at radius 1 is 1.38 bits per heavy atom. The highest BCUT2D eigenvalue weighted by molar-refractivity contribution is 7.89. The lowest BCUT2D eigenvalue weighted by Crippen LogP contribution is -2.37. The quantitative estimate of drug-likeness (QED) is 0.715. The molecule has 0 amide bonds. The lowest BCUT2D eigenvalue weighted by molar-refractivity contribution is 0.0131. The van der Waals surface area contributed by atoms with Crippen molar-refractivity contribution in [3.8, 4) is 0 Å². The van der Waals surface area contributed by atoms with Crippen LogP contribution in [0.5, 0.6) is 0 Å². The van der Waals surface area contributed by atoms with Crippen LogP contribution in [0.4, 0.5) is 9.52 Å². The third-order valence-electron chi connectivity index (χ3n) is 6.29. The number of halogens is 1. The second-order valence-electron chi connectivity index (χ2n) is 8.31. The molecule has 2 bridgehead atoms. The van der Waals surface area contributed by atoms with Gasteiger partial charge in [0.25, 0.3) is 0 Å². The van der Waals surface area contributed by atoms with Gasteiger partial charge < -0.3 is 15.2 Å². The van der Waals surface area contributed by atoms with Crippen LogP contribution in [0.25, 0.3) is 10.2 Å². The van der Waals surface area contributed by atoms with E-state index in [0.717, 1.165) is 17.5 Å². The molecule has 3 saturated heterocycles. The maximum atomic E-state index is 14.2. The predicted octanol–water partition coefficient (Wildman–Crippen LogP) is 2.37. The largest absolute Gasteiger partial charge is 0.391 e. The van der Waals surface area contributed by atoms with Crippen molar-refractivity contribution >= 4 is 36.7 Å². The summed E-state index contributed by atoms with van der Waals surface area (Å²) in [5.41, 5.74) is -0.640. The van der Waals surface area contributed by atoms with Gasteiger partial charge >= 0.3 is 0 Å². The van der Waals surface area contributed by atoms with Crippen molar-refractivity contribution < 1.29 is 22.7 Å². The number of alkyl halides is 1. The number of nitrogens with zero attached hydrogens (tertiary/aromatic N) is 2. The number of thiazole rings is 1. The molecule has 1 atom stereocenters. The summed E-state index contributed by atoms with van der Waals surface area (Å²) in [7, 11) is -3.71. The van der Waals surface area contributed by atoms with Gasteiger partial charge in [-0.05, 0) is 49.8 Å². The molecular weight excluding hydrogens is 417 g/mol. The number of sulfonamides is 1. The molecule has 3 aliphatic heterocycles. The Labute approximate surface area is 172 Å². The van der Waals surface area contributed by atoms with Crippen LogP contribution in [0.3, 0.4) is 0 Å². The number of aliphatic hydroxyl groups excluding tert-OH is 1. The first-order valence-electron chi connectivity index (χ1n) is 9.95. The van der Waals surface area contributed by atoms with E-state index in [9.17, 15) is 17.9 Å². The van der Waals surface area contributed by atoms with Gasteiger partial charge in [-0.15, -0.1) is 0 Å². The van der Waals surface area contributed by atoms with E-state index in [0.29, 0.717) is 43.2 Å². The van der Waals surface area contributed by atoms with Gasteiger partial charge in [-0.3, -0.25) is 0 Å². The van der Waals surface area contributed by atoms with Crippen molar-refractivity contribution in [3.05, 3.63) is 18.2 Å². The molecule has 4 aliphatic rings. The Kier molecular flexibility index (Phi) is 4.82. The molecule has 6 rings (SSSR count). The first kappa shape index (κ1) is 19.6. The van der Waals surface area contributed by atoms with E-state index < -0.39 is 21.8 Å². The lowest BCUT2D eigenvalue weighted by Gasteiger charge is -2.29.